The number of sulfonamides is 1. The molecule has 0 spiro atoms. The van der Waals surface area contributed by atoms with E-state index in [1.54, 1.807) is 54.1 Å². The van der Waals surface area contributed by atoms with Gasteiger partial charge in [-0.15, -0.1) is 0 Å². The van der Waals surface area contributed by atoms with Crippen LogP contribution in [0.1, 0.15) is 152 Å². The number of carbonyl (C=O) groups excluding carboxylic acids is 6. The highest BCUT2D eigenvalue weighted by atomic mass is 32.2. The topological polar surface area (TPSA) is 331 Å². The molecule has 1 saturated heterocycles. The zero-order valence-corrected chi connectivity index (χ0v) is 69.5. The van der Waals surface area contributed by atoms with E-state index in [1.807, 2.05) is 249 Å². The molecule has 5 atom stereocenters. The van der Waals surface area contributed by atoms with E-state index in [4.69, 9.17) is 24.6 Å². The van der Waals surface area contributed by atoms with Crippen LogP contribution in [-0.2, 0) is 72.2 Å². The van der Waals surface area contributed by atoms with Gasteiger partial charge in [0.2, 0.25) is 35.5 Å². The lowest BCUT2D eigenvalue weighted by atomic mass is 9.77. The molecular weight excluding hydrogens is 1540 g/mol. The molecule has 0 bridgehead atoms. The first kappa shape index (κ1) is 85.2. The van der Waals surface area contributed by atoms with Crippen molar-refractivity contribution < 1.29 is 61.3 Å². The average Bonchev–Trinajstić information content (AvgIpc) is 1.39. The number of nitrogens with one attached hydrogen (secondary N) is 8. The van der Waals surface area contributed by atoms with Crippen LogP contribution < -0.4 is 41.4 Å². The fraction of sp³-hybridized carbons (Fsp3) is 0.316. The number of guanidine groups is 1. The van der Waals surface area contributed by atoms with Crippen LogP contribution in [0.25, 0.3) is 11.1 Å². The van der Waals surface area contributed by atoms with Gasteiger partial charge in [-0.3, -0.25) is 34.3 Å². The average molecular weight is 1640 g/mol. The smallest absolute Gasteiger partial charge is 0.410 e. The van der Waals surface area contributed by atoms with E-state index < -0.39 is 123 Å². The fourth-order valence-corrected chi connectivity index (χ4v) is 18.3. The normalized spacial score (nSPS) is 15.3. The highest BCUT2D eigenvalue weighted by molar-refractivity contribution is 7.90. The molecule has 0 saturated carbocycles. The third-order valence-corrected chi connectivity index (χ3v) is 24.4. The van der Waals surface area contributed by atoms with Gasteiger partial charge in [0.25, 0.3) is 10.0 Å². The molecule has 3 aliphatic rings. The molecule has 9 aromatic carbocycles. The highest BCUT2D eigenvalue weighted by Gasteiger charge is 2.44. The van der Waals surface area contributed by atoms with Gasteiger partial charge in [0, 0.05) is 31.6 Å². The highest BCUT2D eigenvalue weighted by Crippen LogP contribution is 2.47. The zero-order chi connectivity index (χ0) is 85.1. The summed E-state index contributed by atoms with van der Waals surface area (Å²) in [6.45, 7) is 13.8. The number of carboxylic acids is 1. The Balaban J connectivity index is 0.802. The maximum atomic E-state index is 15.8. The third-order valence-electron chi connectivity index (χ3n) is 22.8. The number of carboxylic acid groups (broad SMARTS) is 1. The van der Waals surface area contributed by atoms with Crippen molar-refractivity contribution >= 4 is 57.6 Å². The van der Waals surface area contributed by atoms with Gasteiger partial charge in [0.15, 0.2) is 0 Å². The number of benzene rings is 9. The van der Waals surface area contributed by atoms with Crippen LogP contribution in [0.2, 0.25) is 0 Å². The standard InChI is InChI=1S/C95H103N11O13S/c1-61-62(2)84(63(3)71-51-52-93(7,8)119-83(61)71)120(115,116)104-90(96)97-53-31-49-77(85(108)101-79(89(112)113)56-82(107)103-94(64-33-15-9-16-34-64,65-35-17-10-18-36-65)66-37-19-11-20-38-66)99-87(110)80(59-118-92(4,5)6)102-86(109)78(55-70-57-105(60-98-70)95(67-39-21-12-22-40-67,68-41-23-13-24-42-68)69-43-25-14-26-44-69)100-88(111)81-50-32-54-106(81)91(114)117-58-76-74-47-29-27-45-72(74)73-46-28-30-48-75(73)76/h9-30,33-48,57,60,76-81H,31-32,49-56,58-59H2,1-8H3,(H,99,110)(H,100,111)(H,101,108)(H,102,109)(H,103,107)(H,112,113)(H3,96,97,104)/t77-,78-,79-,80-,81-/m0/s1. The second-order valence-electron chi connectivity index (χ2n) is 32.5. The number of hydrogen-bond acceptors (Lipinski definition) is 14. The third kappa shape index (κ3) is 18.7. The van der Waals surface area contributed by atoms with Crippen molar-refractivity contribution in [3.63, 3.8) is 0 Å². The zero-order valence-electron chi connectivity index (χ0n) is 68.6. The van der Waals surface area contributed by atoms with Crippen molar-refractivity contribution in [3.05, 3.63) is 316 Å². The summed E-state index contributed by atoms with van der Waals surface area (Å²) in [5.41, 5.74) is 7.41. The van der Waals surface area contributed by atoms with Crippen LogP contribution >= 0.6 is 0 Å². The van der Waals surface area contributed by atoms with Gasteiger partial charge in [0.1, 0.15) is 59.2 Å². The molecule has 25 heteroatoms. The number of carbonyl (C=O) groups is 7. The summed E-state index contributed by atoms with van der Waals surface area (Å²) in [5.74, 6) is -6.32. The molecule has 1 aliphatic carbocycles. The van der Waals surface area contributed by atoms with E-state index in [9.17, 15) is 27.9 Å². The van der Waals surface area contributed by atoms with Gasteiger partial charge in [-0.1, -0.05) is 231 Å². The Kier molecular flexibility index (Phi) is 26.0. The van der Waals surface area contributed by atoms with Gasteiger partial charge in [0.05, 0.1) is 35.5 Å². The molecule has 6 amide bonds. The van der Waals surface area contributed by atoms with E-state index in [0.717, 1.165) is 44.5 Å². The van der Waals surface area contributed by atoms with E-state index in [-0.39, 0.29) is 56.2 Å². The van der Waals surface area contributed by atoms with Crippen LogP contribution in [0.5, 0.6) is 5.75 Å². The maximum Gasteiger partial charge on any atom is 0.410 e. The van der Waals surface area contributed by atoms with Crippen molar-refractivity contribution in [2.24, 2.45) is 0 Å². The van der Waals surface area contributed by atoms with Crippen molar-refractivity contribution in [1.29, 1.82) is 5.41 Å². The van der Waals surface area contributed by atoms with Crippen LogP contribution in [0, 0.1) is 26.2 Å². The summed E-state index contributed by atoms with van der Waals surface area (Å²) in [6, 6.07) is 64.9. The van der Waals surface area contributed by atoms with Crippen molar-refractivity contribution in [1.82, 2.24) is 51.1 Å². The van der Waals surface area contributed by atoms with Crippen LogP contribution in [-0.4, -0.2) is 143 Å². The number of aromatic nitrogens is 2. The molecule has 13 rings (SSSR count). The lowest BCUT2D eigenvalue weighted by molar-refractivity contribution is -0.144. The Morgan fingerprint density at radius 1 is 0.617 bits per heavy atom. The lowest BCUT2D eigenvalue weighted by Gasteiger charge is -2.37. The van der Waals surface area contributed by atoms with Crippen molar-refractivity contribution in [3.8, 4) is 16.9 Å². The first-order valence-corrected chi connectivity index (χ1v) is 42.1. The Labute approximate surface area is 700 Å². The minimum Gasteiger partial charge on any atom is -0.487 e. The number of nitrogens with zero attached hydrogens (tertiary/aromatic N) is 3. The van der Waals surface area contributed by atoms with E-state index in [1.165, 1.54) is 4.90 Å². The minimum atomic E-state index is -4.41. The monoisotopic (exact) mass is 1640 g/mol. The van der Waals surface area contributed by atoms with E-state index in [0.29, 0.717) is 64.1 Å². The number of likely N-dealkylation sites (tertiary alicyclic amines) is 1. The first-order valence-electron chi connectivity index (χ1n) is 40.6. The SMILES string of the molecule is Cc1c(C)c(S(=O)(=O)NC(=N)NCCC[C@H](NC(=O)[C@H](COC(C)(C)C)NC(=O)[C@H](Cc2cn(C(c3ccccc3)(c3ccccc3)c3ccccc3)cn2)NC(=O)[C@@H]2CCCN2C(=O)OCC2c3ccccc3-c3ccccc32)C(=O)N[C@@H](CC(=O)NC(c2ccccc2)(c2ccccc2)c2ccccc2)C(=O)O)c(C)c2c1OC(C)(C)CC2. The van der Waals surface area contributed by atoms with Gasteiger partial charge in [-0.25, -0.2) is 27.7 Å². The second kappa shape index (κ2) is 36.6. The number of imidazole rings is 1. The van der Waals surface area contributed by atoms with Gasteiger partial charge in [-0.2, -0.15) is 0 Å². The summed E-state index contributed by atoms with van der Waals surface area (Å²) in [7, 11) is -4.41. The summed E-state index contributed by atoms with van der Waals surface area (Å²) in [6.07, 6.45) is 3.05. The number of ether oxygens (including phenoxy) is 3. The quantitative estimate of drug-likeness (QED) is 0.00844. The summed E-state index contributed by atoms with van der Waals surface area (Å²) in [5, 5.41) is 37.0. The molecule has 2 aliphatic heterocycles. The molecule has 0 radical (unpaired) electrons. The molecule has 10 aromatic rings. The van der Waals surface area contributed by atoms with Gasteiger partial charge < -0.3 is 55.8 Å². The molecule has 24 nitrogen and oxygen atoms in total. The number of rotatable bonds is 31. The van der Waals surface area contributed by atoms with Crippen LogP contribution in [0.15, 0.2) is 248 Å². The number of amides is 6. The fourth-order valence-electron chi connectivity index (χ4n) is 16.8. The number of aliphatic carboxylic acids is 1. The van der Waals surface area contributed by atoms with Crippen molar-refractivity contribution in [2.45, 2.75) is 170 Å². The molecule has 622 valence electrons. The summed E-state index contributed by atoms with van der Waals surface area (Å²) in [4.78, 5) is 111. The largest absolute Gasteiger partial charge is 0.487 e. The molecule has 0 unspecified atom stereocenters. The van der Waals surface area contributed by atoms with E-state index >= 15 is 19.2 Å². The molecular formula is C95H103N11O13S. The predicted octanol–water partition coefficient (Wildman–Crippen LogP) is 12.3. The van der Waals surface area contributed by atoms with Crippen LogP contribution in [0.4, 0.5) is 4.79 Å². The predicted molar refractivity (Wildman–Crippen MR) is 457 cm³/mol. The maximum absolute atomic E-state index is 15.8. The molecule has 3 heterocycles. The Bertz CT molecular complexity index is 5260. The summed E-state index contributed by atoms with van der Waals surface area (Å²) < 4.78 is 51.9. The first-order chi connectivity index (χ1) is 57.6. The number of hydrogen-bond donors (Lipinski definition) is 9. The Morgan fingerprint density at radius 2 is 1.10 bits per heavy atom. The molecule has 1 aromatic heterocycles. The van der Waals surface area contributed by atoms with Gasteiger partial charge in [-0.05, 0) is 172 Å². The Hall–Kier alpha value is -12.7. The minimum absolute atomic E-state index is 0.00118. The van der Waals surface area contributed by atoms with Gasteiger partial charge >= 0.3 is 12.1 Å². The van der Waals surface area contributed by atoms with E-state index in [2.05, 4.69) is 36.6 Å². The number of fused-ring (bicyclic) bond motifs is 4. The molecule has 9 N–H and O–H groups in total. The summed E-state index contributed by atoms with van der Waals surface area (Å²) >= 11 is 0. The lowest BCUT2D eigenvalue weighted by Crippen LogP contribution is -2.60. The second-order valence-corrected chi connectivity index (χ2v) is 34.1. The van der Waals surface area contributed by atoms with Crippen LogP contribution in [0.3, 0.4) is 0 Å². The van der Waals surface area contributed by atoms with Crippen molar-refractivity contribution in [2.75, 3.05) is 26.3 Å². The molecule has 120 heavy (non-hydrogen) atoms. The Morgan fingerprint density at radius 3 is 1.62 bits per heavy atom. The molecule has 1 fully saturated rings.